The molecule has 2 fully saturated rings. The van der Waals surface area contributed by atoms with Crippen LogP contribution in [0.3, 0.4) is 0 Å². The second kappa shape index (κ2) is 7.44. The van der Waals surface area contributed by atoms with Gasteiger partial charge in [0.1, 0.15) is 5.82 Å². The predicted molar refractivity (Wildman–Crippen MR) is 101 cm³/mol. The normalized spacial score (nSPS) is 18.1. The maximum atomic E-state index is 12.8. The van der Waals surface area contributed by atoms with Crippen molar-refractivity contribution in [2.45, 2.75) is 19.0 Å². The van der Waals surface area contributed by atoms with Gasteiger partial charge < -0.3 is 4.90 Å². The van der Waals surface area contributed by atoms with Gasteiger partial charge in [0.2, 0.25) is 0 Å². The number of anilines is 1. The van der Waals surface area contributed by atoms with Crippen LogP contribution in [0.15, 0.2) is 36.4 Å². The highest BCUT2D eigenvalue weighted by atomic mass is 19.4. The molecule has 2 heterocycles. The van der Waals surface area contributed by atoms with Crippen LogP contribution in [0.1, 0.15) is 24.0 Å². The summed E-state index contributed by atoms with van der Waals surface area (Å²) in [4.78, 5) is 9.26. The molecule has 2 aliphatic rings. The lowest BCUT2D eigenvalue weighted by atomic mass is 10.1. The molecule has 2 aromatic rings. The van der Waals surface area contributed by atoms with Crippen LogP contribution < -0.4 is 4.90 Å². The van der Waals surface area contributed by atoms with Gasteiger partial charge in [0.05, 0.1) is 22.9 Å². The third-order valence-electron chi connectivity index (χ3n) is 5.36. The Morgan fingerprint density at radius 3 is 2.29 bits per heavy atom. The maximum Gasteiger partial charge on any atom is 0.416 e. The van der Waals surface area contributed by atoms with Crippen molar-refractivity contribution in [1.29, 1.82) is 5.26 Å². The highest BCUT2D eigenvalue weighted by Crippen LogP contribution is 2.32. The number of piperazine rings is 1. The first kappa shape index (κ1) is 18.8. The first-order valence-corrected chi connectivity index (χ1v) is 9.49. The highest BCUT2D eigenvalue weighted by molar-refractivity contribution is 5.65. The smallest absolute Gasteiger partial charge is 0.354 e. The van der Waals surface area contributed by atoms with E-state index in [1.54, 1.807) is 12.1 Å². The first-order chi connectivity index (χ1) is 13.4. The Kier molecular flexibility index (Phi) is 4.98. The molecule has 0 unspecified atom stereocenters. The average Bonchev–Trinajstić information content (AvgIpc) is 3.51. The molecule has 1 aliphatic heterocycles. The van der Waals surface area contributed by atoms with E-state index < -0.39 is 11.7 Å². The zero-order valence-corrected chi connectivity index (χ0v) is 15.4. The van der Waals surface area contributed by atoms with Crippen molar-refractivity contribution in [1.82, 2.24) is 9.88 Å². The van der Waals surface area contributed by atoms with E-state index in [1.807, 2.05) is 0 Å². The molecule has 1 saturated carbocycles. The van der Waals surface area contributed by atoms with Crippen LogP contribution in [0.4, 0.5) is 19.0 Å². The summed E-state index contributed by atoms with van der Waals surface area (Å²) in [5.74, 6) is 1.57. The monoisotopic (exact) mass is 386 g/mol. The molecule has 28 heavy (non-hydrogen) atoms. The Bertz CT molecular complexity index is 874. The van der Waals surface area contributed by atoms with Gasteiger partial charge in [-0.05, 0) is 43.0 Å². The Labute approximate surface area is 162 Å². The molecule has 7 heteroatoms. The van der Waals surface area contributed by atoms with Gasteiger partial charge in [0, 0.05) is 38.3 Å². The van der Waals surface area contributed by atoms with E-state index in [4.69, 9.17) is 0 Å². The van der Waals surface area contributed by atoms with Crippen LogP contribution in [-0.2, 0) is 6.18 Å². The number of alkyl halides is 3. The second-order valence-electron chi connectivity index (χ2n) is 7.52. The molecule has 1 aromatic carbocycles. The van der Waals surface area contributed by atoms with Gasteiger partial charge in [-0.15, -0.1) is 0 Å². The molecule has 1 aromatic heterocycles. The van der Waals surface area contributed by atoms with Crippen LogP contribution in [0.2, 0.25) is 0 Å². The van der Waals surface area contributed by atoms with Crippen LogP contribution >= 0.6 is 0 Å². The number of benzene rings is 1. The molecular weight excluding hydrogens is 365 g/mol. The van der Waals surface area contributed by atoms with Gasteiger partial charge >= 0.3 is 6.18 Å². The van der Waals surface area contributed by atoms with Crippen molar-refractivity contribution in [3.05, 3.63) is 47.5 Å². The number of rotatable bonds is 4. The molecule has 0 radical (unpaired) electrons. The molecule has 1 saturated heterocycles. The van der Waals surface area contributed by atoms with Crippen LogP contribution in [0.5, 0.6) is 0 Å². The molecular formula is C21H21F3N4. The minimum Gasteiger partial charge on any atom is -0.354 e. The van der Waals surface area contributed by atoms with Crippen molar-refractivity contribution in [3.63, 3.8) is 0 Å². The standard InChI is InChI=1S/C21H21F3N4/c22-21(23,24)18-5-3-17(4-6-18)19-11-16(13-25)12-20(26-19)28-9-7-27(8-10-28)14-15-1-2-15/h3-6,11-12,15H,1-2,7-10,14H2. The number of halogens is 3. The number of hydrogen-bond acceptors (Lipinski definition) is 4. The minimum absolute atomic E-state index is 0.459. The number of aromatic nitrogens is 1. The van der Waals surface area contributed by atoms with E-state index >= 15 is 0 Å². The van der Waals surface area contributed by atoms with E-state index in [0.717, 1.165) is 50.8 Å². The van der Waals surface area contributed by atoms with Gasteiger partial charge in [-0.3, -0.25) is 4.90 Å². The van der Waals surface area contributed by atoms with Crippen molar-refractivity contribution >= 4 is 5.82 Å². The quantitative estimate of drug-likeness (QED) is 0.791. The van der Waals surface area contributed by atoms with E-state index in [1.165, 1.54) is 25.0 Å². The van der Waals surface area contributed by atoms with Crippen LogP contribution in [-0.4, -0.2) is 42.6 Å². The average molecular weight is 386 g/mol. The second-order valence-corrected chi connectivity index (χ2v) is 7.52. The minimum atomic E-state index is -4.37. The summed E-state index contributed by atoms with van der Waals surface area (Å²) < 4.78 is 38.4. The van der Waals surface area contributed by atoms with Crippen molar-refractivity contribution < 1.29 is 13.2 Å². The molecule has 0 spiro atoms. The summed E-state index contributed by atoms with van der Waals surface area (Å²) in [5.41, 5.74) is 0.849. The zero-order chi connectivity index (χ0) is 19.7. The van der Waals surface area contributed by atoms with E-state index in [9.17, 15) is 18.4 Å². The van der Waals surface area contributed by atoms with Gasteiger partial charge in [-0.1, -0.05) is 12.1 Å². The fraction of sp³-hybridized carbons (Fsp3) is 0.429. The highest BCUT2D eigenvalue weighted by Gasteiger charge is 2.30. The van der Waals surface area contributed by atoms with Crippen molar-refractivity contribution in [2.75, 3.05) is 37.6 Å². The molecule has 0 atom stereocenters. The summed E-state index contributed by atoms with van der Waals surface area (Å²) in [6, 6.07) is 10.4. The van der Waals surface area contributed by atoms with Gasteiger partial charge in [0.25, 0.3) is 0 Å². The summed E-state index contributed by atoms with van der Waals surface area (Å²) in [6.07, 6.45) is -1.70. The van der Waals surface area contributed by atoms with E-state index in [0.29, 0.717) is 22.6 Å². The zero-order valence-electron chi connectivity index (χ0n) is 15.4. The van der Waals surface area contributed by atoms with Gasteiger partial charge in [-0.2, -0.15) is 18.4 Å². The Hall–Kier alpha value is -2.59. The summed E-state index contributed by atoms with van der Waals surface area (Å²) in [6.45, 7) is 4.76. The topological polar surface area (TPSA) is 43.2 Å². The molecule has 4 rings (SSSR count). The van der Waals surface area contributed by atoms with Gasteiger partial charge in [-0.25, -0.2) is 4.98 Å². The lowest BCUT2D eigenvalue weighted by Gasteiger charge is -2.35. The molecule has 0 amide bonds. The third-order valence-corrected chi connectivity index (χ3v) is 5.36. The first-order valence-electron chi connectivity index (χ1n) is 9.49. The molecule has 0 bridgehead atoms. The Balaban J connectivity index is 1.54. The fourth-order valence-electron chi connectivity index (χ4n) is 3.55. The maximum absolute atomic E-state index is 12.8. The van der Waals surface area contributed by atoms with Crippen molar-refractivity contribution in [2.24, 2.45) is 5.92 Å². The molecule has 0 N–H and O–H groups in total. The third kappa shape index (κ3) is 4.28. The Morgan fingerprint density at radius 1 is 1.04 bits per heavy atom. The number of nitrogens with zero attached hydrogens (tertiary/aromatic N) is 4. The lowest BCUT2D eigenvalue weighted by Crippen LogP contribution is -2.47. The van der Waals surface area contributed by atoms with Crippen LogP contribution in [0, 0.1) is 17.2 Å². The summed E-state index contributed by atoms with van der Waals surface area (Å²) in [5, 5.41) is 9.38. The van der Waals surface area contributed by atoms with Gasteiger partial charge in [0.15, 0.2) is 0 Å². The lowest BCUT2D eigenvalue weighted by molar-refractivity contribution is -0.137. The van der Waals surface area contributed by atoms with Crippen LogP contribution in [0.25, 0.3) is 11.3 Å². The molecule has 1 aliphatic carbocycles. The van der Waals surface area contributed by atoms with Crippen molar-refractivity contribution in [3.8, 4) is 17.3 Å². The Morgan fingerprint density at radius 2 is 1.71 bits per heavy atom. The summed E-state index contributed by atoms with van der Waals surface area (Å²) in [7, 11) is 0. The summed E-state index contributed by atoms with van der Waals surface area (Å²) >= 11 is 0. The molecule has 4 nitrogen and oxygen atoms in total. The van der Waals surface area contributed by atoms with E-state index in [-0.39, 0.29) is 0 Å². The number of pyridine rings is 1. The molecule has 146 valence electrons. The SMILES string of the molecule is N#Cc1cc(-c2ccc(C(F)(F)F)cc2)nc(N2CCN(CC3CC3)CC2)c1. The number of hydrogen-bond donors (Lipinski definition) is 0. The largest absolute Gasteiger partial charge is 0.416 e. The fourth-order valence-corrected chi connectivity index (χ4v) is 3.55. The number of nitriles is 1. The van der Waals surface area contributed by atoms with E-state index in [2.05, 4.69) is 20.9 Å². The predicted octanol–water partition coefficient (Wildman–Crippen LogP) is 4.17.